The largest absolute Gasteiger partial charge is 0.507 e. The van der Waals surface area contributed by atoms with Crippen molar-refractivity contribution in [2.75, 3.05) is 25.6 Å². The predicted molar refractivity (Wildman–Crippen MR) is 130 cm³/mol. The van der Waals surface area contributed by atoms with Gasteiger partial charge in [0.2, 0.25) is 11.8 Å². The minimum absolute atomic E-state index is 0.0653. The maximum Gasteiger partial charge on any atom is 0.471 e. The minimum atomic E-state index is -5.02. The number of hydrogen-bond acceptors (Lipinski definition) is 7. The molecule has 0 fully saturated rings. The van der Waals surface area contributed by atoms with E-state index in [1.807, 2.05) is 0 Å². The van der Waals surface area contributed by atoms with Crippen LogP contribution in [0.25, 0.3) is 0 Å². The topological polar surface area (TPSA) is 143 Å². The van der Waals surface area contributed by atoms with Gasteiger partial charge < -0.3 is 30.5 Å². The molecule has 0 aromatic heterocycles. The fraction of sp³-hybridized carbons (Fsp3) is 0.360. The van der Waals surface area contributed by atoms with Crippen molar-refractivity contribution < 1.29 is 46.9 Å². The average Bonchev–Trinajstić information content (AvgIpc) is 2.85. The zero-order chi connectivity index (χ0) is 28.3. The Hall–Kier alpha value is -4.29. The molecule has 38 heavy (non-hydrogen) atoms. The standard InChI is InChI=1S/C25H28F3N3O7/c1-15(32)30-18(14-16-8-10-17(11-9-16)31-24(36)25(26,27)28)22(34)29-12-3-4-13-38-20-7-5-6-19(33)21(20)23(35)37-2/h5-11,18,33H,3-4,12-14H2,1-2H3,(H,29,34)(H,30,32)(H,31,36)/t18-/m0/s1. The number of anilines is 1. The summed E-state index contributed by atoms with van der Waals surface area (Å²) in [4.78, 5) is 47.1. The van der Waals surface area contributed by atoms with Crippen molar-refractivity contribution in [3.8, 4) is 11.5 Å². The van der Waals surface area contributed by atoms with Crippen LogP contribution in [0.2, 0.25) is 0 Å². The molecular weight excluding hydrogens is 511 g/mol. The molecule has 2 aromatic carbocycles. The number of benzene rings is 2. The van der Waals surface area contributed by atoms with Crippen LogP contribution in [0.4, 0.5) is 18.9 Å². The van der Waals surface area contributed by atoms with Gasteiger partial charge in [0.1, 0.15) is 23.1 Å². The summed E-state index contributed by atoms with van der Waals surface area (Å²) in [6.07, 6.45) is -3.96. The fourth-order valence-electron chi connectivity index (χ4n) is 3.31. The number of aromatic hydroxyl groups is 1. The first kappa shape index (κ1) is 29.9. The highest BCUT2D eigenvalue weighted by atomic mass is 19.4. The van der Waals surface area contributed by atoms with Crippen molar-refractivity contribution in [2.45, 2.75) is 38.4 Å². The van der Waals surface area contributed by atoms with Crippen LogP contribution in [-0.2, 0) is 25.5 Å². The molecule has 0 heterocycles. The summed E-state index contributed by atoms with van der Waals surface area (Å²) in [5.41, 5.74) is 0.394. The number of carbonyl (C=O) groups excluding carboxylic acids is 4. The van der Waals surface area contributed by atoms with Crippen LogP contribution in [0.5, 0.6) is 11.5 Å². The van der Waals surface area contributed by atoms with Crippen molar-refractivity contribution in [2.24, 2.45) is 0 Å². The lowest BCUT2D eigenvalue weighted by Gasteiger charge is -2.18. The van der Waals surface area contributed by atoms with Crippen molar-refractivity contribution in [3.63, 3.8) is 0 Å². The SMILES string of the molecule is COC(=O)c1c(O)cccc1OCCCCNC(=O)[C@H](Cc1ccc(NC(=O)C(F)(F)F)cc1)NC(C)=O. The van der Waals surface area contributed by atoms with Crippen molar-refractivity contribution >= 4 is 29.4 Å². The van der Waals surface area contributed by atoms with Crippen molar-refractivity contribution in [3.05, 3.63) is 53.6 Å². The van der Waals surface area contributed by atoms with Crippen LogP contribution in [0.15, 0.2) is 42.5 Å². The first-order chi connectivity index (χ1) is 17.9. The third-order valence-corrected chi connectivity index (χ3v) is 5.12. The van der Waals surface area contributed by atoms with E-state index in [1.165, 1.54) is 56.5 Å². The van der Waals surface area contributed by atoms with Crippen molar-refractivity contribution in [1.29, 1.82) is 0 Å². The van der Waals surface area contributed by atoms with Gasteiger partial charge in [0.15, 0.2) is 0 Å². The highest BCUT2D eigenvalue weighted by Crippen LogP contribution is 2.28. The zero-order valence-corrected chi connectivity index (χ0v) is 20.7. The maximum absolute atomic E-state index is 12.6. The third-order valence-electron chi connectivity index (χ3n) is 5.12. The number of phenols is 1. The highest BCUT2D eigenvalue weighted by Gasteiger charge is 2.38. The summed E-state index contributed by atoms with van der Waals surface area (Å²) in [6, 6.07) is 8.84. The number of methoxy groups -OCH3 is 1. The van der Waals surface area contributed by atoms with Crippen LogP contribution in [-0.4, -0.2) is 61.3 Å². The van der Waals surface area contributed by atoms with Crippen LogP contribution in [0.3, 0.4) is 0 Å². The van der Waals surface area contributed by atoms with E-state index >= 15 is 0 Å². The molecule has 4 N–H and O–H groups in total. The Bertz CT molecular complexity index is 1140. The van der Waals surface area contributed by atoms with E-state index in [0.717, 1.165) is 0 Å². The number of nitrogens with one attached hydrogen (secondary N) is 3. The molecule has 0 aliphatic rings. The Morgan fingerprint density at radius 2 is 1.71 bits per heavy atom. The molecule has 0 radical (unpaired) electrons. The second kappa shape index (κ2) is 13.9. The number of unbranched alkanes of at least 4 members (excludes halogenated alkanes) is 1. The number of ether oxygens (including phenoxy) is 2. The zero-order valence-electron chi connectivity index (χ0n) is 20.7. The number of esters is 1. The second-order valence-corrected chi connectivity index (χ2v) is 8.09. The van der Waals surface area contributed by atoms with Gasteiger partial charge in [-0.3, -0.25) is 14.4 Å². The van der Waals surface area contributed by atoms with E-state index in [2.05, 4.69) is 15.4 Å². The van der Waals surface area contributed by atoms with E-state index in [9.17, 15) is 37.5 Å². The molecule has 0 unspecified atom stereocenters. The number of rotatable bonds is 12. The Balaban J connectivity index is 1.85. The van der Waals surface area contributed by atoms with Gasteiger partial charge in [0.25, 0.3) is 0 Å². The summed E-state index contributed by atoms with van der Waals surface area (Å²) in [5.74, 6) is -3.86. The number of amides is 3. The molecule has 10 nitrogen and oxygen atoms in total. The van der Waals surface area contributed by atoms with Gasteiger partial charge >= 0.3 is 18.1 Å². The molecular formula is C25H28F3N3O7. The quantitative estimate of drug-likeness (QED) is 0.240. The average molecular weight is 540 g/mol. The fourth-order valence-corrected chi connectivity index (χ4v) is 3.31. The molecule has 3 amide bonds. The van der Waals surface area contributed by atoms with E-state index in [0.29, 0.717) is 18.4 Å². The summed E-state index contributed by atoms with van der Waals surface area (Å²) in [7, 11) is 1.18. The highest BCUT2D eigenvalue weighted by molar-refractivity contribution is 5.95. The Morgan fingerprint density at radius 3 is 2.32 bits per heavy atom. The van der Waals surface area contributed by atoms with Crippen LogP contribution in [0.1, 0.15) is 35.7 Å². The summed E-state index contributed by atoms with van der Waals surface area (Å²) >= 11 is 0. The summed E-state index contributed by atoms with van der Waals surface area (Å²) in [6.45, 7) is 1.69. The number of halogens is 3. The molecule has 13 heteroatoms. The summed E-state index contributed by atoms with van der Waals surface area (Å²) in [5, 5.41) is 16.8. The van der Waals surface area contributed by atoms with E-state index in [1.54, 1.807) is 5.32 Å². The Kier molecular flexibility index (Phi) is 10.9. The monoisotopic (exact) mass is 539 g/mol. The molecule has 1 atom stereocenters. The third kappa shape index (κ3) is 9.30. The minimum Gasteiger partial charge on any atom is -0.507 e. The van der Waals surface area contributed by atoms with Gasteiger partial charge in [-0.05, 0) is 42.7 Å². The number of phenolic OH excluding ortho intramolecular Hbond substituents is 1. The molecule has 0 bridgehead atoms. The Labute approximate surface area is 216 Å². The molecule has 0 aliphatic heterocycles. The first-order valence-corrected chi connectivity index (χ1v) is 11.5. The first-order valence-electron chi connectivity index (χ1n) is 11.5. The van der Waals surface area contributed by atoms with E-state index in [4.69, 9.17) is 4.74 Å². The van der Waals surface area contributed by atoms with Crippen LogP contribution >= 0.6 is 0 Å². The van der Waals surface area contributed by atoms with Crippen LogP contribution in [0, 0.1) is 0 Å². The lowest BCUT2D eigenvalue weighted by molar-refractivity contribution is -0.167. The molecule has 0 saturated carbocycles. The van der Waals surface area contributed by atoms with E-state index < -0.39 is 35.9 Å². The molecule has 2 rings (SSSR count). The lowest BCUT2D eigenvalue weighted by Crippen LogP contribution is -2.47. The molecule has 206 valence electrons. The number of hydrogen-bond donors (Lipinski definition) is 4. The van der Waals surface area contributed by atoms with Gasteiger partial charge in [0.05, 0.1) is 13.7 Å². The maximum atomic E-state index is 12.6. The molecule has 0 aliphatic carbocycles. The van der Waals surface area contributed by atoms with Gasteiger partial charge in [-0.25, -0.2) is 4.79 Å². The van der Waals surface area contributed by atoms with E-state index in [-0.39, 0.29) is 42.3 Å². The lowest BCUT2D eigenvalue weighted by atomic mass is 10.0. The smallest absolute Gasteiger partial charge is 0.471 e. The number of carbonyl (C=O) groups is 4. The van der Waals surface area contributed by atoms with Gasteiger partial charge in [-0.2, -0.15) is 13.2 Å². The Morgan fingerprint density at radius 1 is 1.03 bits per heavy atom. The van der Waals surface area contributed by atoms with Crippen LogP contribution < -0.4 is 20.7 Å². The molecule has 2 aromatic rings. The predicted octanol–water partition coefficient (Wildman–Crippen LogP) is 2.70. The molecule has 0 spiro atoms. The van der Waals surface area contributed by atoms with Gasteiger partial charge in [-0.15, -0.1) is 0 Å². The normalized spacial score (nSPS) is 11.7. The van der Waals surface area contributed by atoms with Crippen molar-refractivity contribution in [1.82, 2.24) is 10.6 Å². The molecule has 0 saturated heterocycles. The second-order valence-electron chi connectivity index (χ2n) is 8.09. The van der Waals surface area contributed by atoms with Gasteiger partial charge in [-0.1, -0.05) is 18.2 Å². The van der Waals surface area contributed by atoms with Gasteiger partial charge in [0, 0.05) is 25.6 Å². The summed E-state index contributed by atoms with van der Waals surface area (Å²) < 4.78 is 47.4. The number of alkyl halides is 3.